The van der Waals surface area contributed by atoms with Crippen LogP contribution in [0.4, 0.5) is 0 Å². The summed E-state index contributed by atoms with van der Waals surface area (Å²) in [5, 5.41) is 8.90. The summed E-state index contributed by atoms with van der Waals surface area (Å²) in [6.07, 6.45) is 1.72. The molecule has 2 bridgehead atoms. The van der Waals surface area contributed by atoms with Crippen LogP contribution in [0.1, 0.15) is 45.6 Å². The summed E-state index contributed by atoms with van der Waals surface area (Å²) in [5.41, 5.74) is 1.01. The molecule has 2 atom stereocenters. The van der Waals surface area contributed by atoms with Crippen molar-refractivity contribution in [2.24, 2.45) is 16.2 Å². The van der Waals surface area contributed by atoms with E-state index in [1.54, 1.807) is 24.3 Å². The lowest BCUT2D eigenvalue weighted by Crippen LogP contribution is -2.42. The van der Waals surface area contributed by atoms with E-state index in [9.17, 15) is 9.59 Å². The van der Waals surface area contributed by atoms with Gasteiger partial charge in [0, 0.05) is 11.8 Å². The number of nitriles is 1. The molecule has 2 aromatic carbocycles. The summed E-state index contributed by atoms with van der Waals surface area (Å²) in [4.78, 5) is 25.7. The molecule has 4 nitrogen and oxygen atoms in total. The second-order valence-corrected chi connectivity index (χ2v) is 8.74. The van der Waals surface area contributed by atoms with E-state index in [-0.39, 0.29) is 18.2 Å². The van der Waals surface area contributed by atoms with Crippen molar-refractivity contribution in [2.75, 3.05) is 0 Å². The highest BCUT2D eigenvalue weighted by molar-refractivity contribution is 5.98. The molecule has 4 heteroatoms. The number of benzene rings is 2. The standard InChI is InChI=1S/C24H23NO3/c1-22(2)23(3)12-13-24(22,14-20(23)26)21(27)28-19-10-8-18(9-11-19)17-6-4-16(15-25)5-7-17/h4-11H,12-14H2,1-3H3/t23-,24+/m0/s1. The zero-order valence-electron chi connectivity index (χ0n) is 16.4. The van der Waals surface area contributed by atoms with E-state index in [0.717, 1.165) is 17.5 Å². The van der Waals surface area contributed by atoms with Crippen molar-refractivity contribution >= 4 is 11.8 Å². The Kier molecular flexibility index (Phi) is 3.97. The molecule has 2 aliphatic carbocycles. The van der Waals surface area contributed by atoms with Crippen molar-refractivity contribution in [3.8, 4) is 22.9 Å². The minimum atomic E-state index is -0.732. The highest BCUT2D eigenvalue weighted by Crippen LogP contribution is 2.70. The van der Waals surface area contributed by atoms with Gasteiger partial charge in [-0.05, 0) is 53.6 Å². The lowest BCUT2D eigenvalue weighted by molar-refractivity contribution is -0.151. The lowest BCUT2D eigenvalue weighted by atomic mass is 9.65. The Balaban J connectivity index is 1.54. The Bertz CT molecular complexity index is 998. The van der Waals surface area contributed by atoms with E-state index in [1.165, 1.54) is 0 Å². The third-order valence-corrected chi connectivity index (χ3v) is 7.51. The Hall–Kier alpha value is -2.93. The van der Waals surface area contributed by atoms with Gasteiger partial charge in [0.05, 0.1) is 17.0 Å². The fourth-order valence-corrected chi connectivity index (χ4v) is 4.97. The second kappa shape index (κ2) is 6.04. The van der Waals surface area contributed by atoms with E-state index in [4.69, 9.17) is 10.00 Å². The largest absolute Gasteiger partial charge is 0.426 e. The van der Waals surface area contributed by atoms with Gasteiger partial charge in [0.15, 0.2) is 0 Å². The SMILES string of the molecule is CC1(C)[C@]2(C(=O)Oc3ccc(-c4ccc(C#N)cc4)cc3)CC[C@@]1(C)C(=O)C2. The van der Waals surface area contributed by atoms with Crippen LogP contribution >= 0.6 is 0 Å². The number of nitrogens with zero attached hydrogens (tertiary/aromatic N) is 1. The van der Waals surface area contributed by atoms with Crippen molar-refractivity contribution in [2.45, 2.75) is 40.0 Å². The number of hydrogen-bond donors (Lipinski definition) is 0. The van der Waals surface area contributed by atoms with Crippen LogP contribution in [-0.2, 0) is 9.59 Å². The van der Waals surface area contributed by atoms with Crippen molar-refractivity contribution in [1.82, 2.24) is 0 Å². The second-order valence-electron chi connectivity index (χ2n) is 8.74. The maximum Gasteiger partial charge on any atom is 0.318 e. The molecule has 0 unspecified atom stereocenters. The van der Waals surface area contributed by atoms with Crippen molar-refractivity contribution < 1.29 is 14.3 Å². The first-order valence-corrected chi connectivity index (χ1v) is 9.60. The van der Waals surface area contributed by atoms with E-state index in [2.05, 4.69) is 6.07 Å². The molecule has 4 rings (SSSR count). The predicted octanol–water partition coefficient (Wildman–Crippen LogP) is 4.92. The number of Topliss-reactive ketones (excluding diaryl/α,β-unsaturated/α-hetero) is 1. The van der Waals surface area contributed by atoms with Gasteiger partial charge in [-0.3, -0.25) is 9.59 Å². The number of ether oxygens (including phenoxy) is 1. The molecule has 2 aromatic rings. The van der Waals surface area contributed by atoms with E-state index in [1.807, 2.05) is 45.0 Å². The normalized spacial score (nSPS) is 27.4. The minimum absolute atomic E-state index is 0.178. The third-order valence-electron chi connectivity index (χ3n) is 7.51. The van der Waals surface area contributed by atoms with Gasteiger partial charge in [0.25, 0.3) is 0 Å². The highest BCUT2D eigenvalue weighted by Gasteiger charge is 2.73. The summed E-state index contributed by atoms with van der Waals surface area (Å²) < 4.78 is 5.74. The Morgan fingerprint density at radius 2 is 1.54 bits per heavy atom. The third kappa shape index (κ3) is 2.36. The summed E-state index contributed by atoms with van der Waals surface area (Å²) in [7, 11) is 0. The smallest absolute Gasteiger partial charge is 0.318 e. The molecule has 2 saturated carbocycles. The molecule has 2 aliphatic rings. The van der Waals surface area contributed by atoms with Crippen LogP contribution in [-0.4, -0.2) is 11.8 Å². The average molecular weight is 373 g/mol. The summed E-state index contributed by atoms with van der Waals surface area (Å²) in [5.74, 6) is 0.371. The quantitative estimate of drug-likeness (QED) is 0.566. The molecule has 0 radical (unpaired) electrons. The minimum Gasteiger partial charge on any atom is -0.426 e. The average Bonchev–Trinajstić information content (AvgIpc) is 2.99. The molecule has 0 N–H and O–H groups in total. The number of rotatable bonds is 3. The molecule has 0 spiro atoms. The van der Waals surface area contributed by atoms with Gasteiger partial charge < -0.3 is 4.74 Å². The maximum absolute atomic E-state index is 13.1. The van der Waals surface area contributed by atoms with Gasteiger partial charge in [0.1, 0.15) is 11.5 Å². The number of fused-ring (bicyclic) bond motifs is 2. The van der Waals surface area contributed by atoms with Crippen molar-refractivity contribution in [3.63, 3.8) is 0 Å². The molecule has 2 fully saturated rings. The number of esters is 1. The van der Waals surface area contributed by atoms with Crippen LogP contribution in [0, 0.1) is 27.6 Å². The fourth-order valence-electron chi connectivity index (χ4n) is 4.97. The molecule has 0 saturated heterocycles. The molecule has 0 aromatic heterocycles. The highest BCUT2D eigenvalue weighted by atomic mass is 16.5. The monoisotopic (exact) mass is 373 g/mol. The summed E-state index contributed by atoms with van der Waals surface area (Å²) in [6.45, 7) is 6.05. The van der Waals surface area contributed by atoms with Gasteiger partial charge >= 0.3 is 5.97 Å². The molecule has 28 heavy (non-hydrogen) atoms. The van der Waals surface area contributed by atoms with Gasteiger partial charge in [-0.2, -0.15) is 5.26 Å². The van der Waals surface area contributed by atoms with Crippen LogP contribution in [0.2, 0.25) is 0 Å². The Morgan fingerprint density at radius 3 is 2.00 bits per heavy atom. The van der Waals surface area contributed by atoms with Crippen molar-refractivity contribution in [3.05, 3.63) is 54.1 Å². The van der Waals surface area contributed by atoms with E-state index < -0.39 is 16.2 Å². The number of ketones is 1. The Morgan fingerprint density at radius 1 is 0.964 bits per heavy atom. The zero-order valence-corrected chi connectivity index (χ0v) is 16.4. The number of carbonyl (C=O) groups excluding carboxylic acids is 2. The Labute approximate surface area is 165 Å². The molecular weight excluding hydrogens is 350 g/mol. The van der Waals surface area contributed by atoms with Gasteiger partial charge in [-0.25, -0.2) is 0 Å². The topological polar surface area (TPSA) is 67.2 Å². The fraction of sp³-hybridized carbons (Fsp3) is 0.375. The van der Waals surface area contributed by atoms with Crippen LogP contribution in [0.3, 0.4) is 0 Å². The zero-order chi connectivity index (χ0) is 20.2. The first kappa shape index (κ1) is 18.4. The van der Waals surface area contributed by atoms with Crippen LogP contribution in [0.25, 0.3) is 11.1 Å². The first-order chi connectivity index (χ1) is 13.2. The van der Waals surface area contributed by atoms with Crippen LogP contribution in [0.5, 0.6) is 5.75 Å². The van der Waals surface area contributed by atoms with Gasteiger partial charge in [-0.1, -0.05) is 45.0 Å². The maximum atomic E-state index is 13.1. The van der Waals surface area contributed by atoms with E-state index in [0.29, 0.717) is 17.7 Å². The van der Waals surface area contributed by atoms with Crippen molar-refractivity contribution in [1.29, 1.82) is 5.26 Å². The summed E-state index contributed by atoms with van der Waals surface area (Å²) in [6, 6.07) is 16.8. The van der Waals surface area contributed by atoms with E-state index >= 15 is 0 Å². The molecule has 0 aliphatic heterocycles. The number of hydrogen-bond acceptors (Lipinski definition) is 4. The molecule has 142 valence electrons. The molecule has 0 amide bonds. The summed E-state index contributed by atoms with van der Waals surface area (Å²) >= 11 is 0. The predicted molar refractivity (Wildman–Crippen MR) is 105 cm³/mol. The van der Waals surface area contributed by atoms with Crippen LogP contribution in [0.15, 0.2) is 48.5 Å². The van der Waals surface area contributed by atoms with Gasteiger partial charge in [0.2, 0.25) is 0 Å². The first-order valence-electron chi connectivity index (χ1n) is 9.60. The number of carbonyl (C=O) groups is 2. The van der Waals surface area contributed by atoms with Gasteiger partial charge in [-0.15, -0.1) is 0 Å². The lowest BCUT2D eigenvalue weighted by Gasteiger charge is -2.37. The molecular formula is C24H23NO3. The molecule has 0 heterocycles. The van der Waals surface area contributed by atoms with Crippen LogP contribution < -0.4 is 4.74 Å².